The third kappa shape index (κ3) is 2.71. The minimum Gasteiger partial charge on any atom is -0.396 e. The summed E-state index contributed by atoms with van der Waals surface area (Å²) >= 11 is 0. The summed E-state index contributed by atoms with van der Waals surface area (Å²) in [5.74, 6) is -0.548. The summed E-state index contributed by atoms with van der Waals surface area (Å²) in [5, 5.41) is 16.6. The number of aliphatic hydroxyl groups is 1. The second-order valence-corrected chi connectivity index (χ2v) is 8.21. The van der Waals surface area contributed by atoms with Crippen molar-refractivity contribution in [2.45, 2.75) is 43.9 Å². The van der Waals surface area contributed by atoms with Gasteiger partial charge in [0, 0.05) is 42.4 Å². The molecule has 0 radical (unpaired) electrons. The average molecular weight is 379 g/mol. The van der Waals surface area contributed by atoms with Crippen LogP contribution in [0.3, 0.4) is 0 Å². The van der Waals surface area contributed by atoms with Crippen LogP contribution >= 0.6 is 0 Å². The number of rotatable bonds is 4. The van der Waals surface area contributed by atoms with Gasteiger partial charge in [-0.15, -0.1) is 0 Å². The maximum absolute atomic E-state index is 13.2. The Morgan fingerprint density at radius 1 is 1.18 bits per heavy atom. The summed E-state index contributed by atoms with van der Waals surface area (Å²) in [7, 11) is 0. The number of nitrogens with zero attached hydrogens (tertiary/aromatic N) is 1. The van der Waals surface area contributed by atoms with E-state index in [2.05, 4.69) is 10.6 Å². The Morgan fingerprint density at radius 2 is 1.96 bits per heavy atom. The second kappa shape index (κ2) is 6.87. The standard InChI is InChI=1S/C22H25N3O3/c26-12-16-17-11-25-18(10-9-15(22(25)28)13-5-2-1-3-6-13)20(24-17)19(16)21(27)23-14-7-4-8-14/h1-3,5-6,9-10,14,16-17,19-20,24,26H,4,7-8,11-12H2,(H,23,27)/t16-,17-,19+,20+/m0/s1. The van der Waals surface area contributed by atoms with Gasteiger partial charge in [-0.2, -0.15) is 0 Å². The van der Waals surface area contributed by atoms with Crippen molar-refractivity contribution >= 4 is 5.91 Å². The average Bonchev–Trinajstić information content (AvgIpc) is 2.99. The van der Waals surface area contributed by atoms with Crippen LogP contribution in [0.15, 0.2) is 47.3 Å². The molecule has 3 aliphatic rings. The quantitative estimate of drug-likeness (QED) is 0.751. The van der Waals surface area contributed by atoms with Gasteiger partial charge in [-0.3, -0.25) is 9.59 Å². The molecule has 5 rings (SSSR count). The van der Waals surface area contributed by atoms with Gasteiger partial charge >= 0.3 is 0 Å². The smallest absolute Gasteiger partial charge is 0.258 e. The molecule has 0 unspecified atom stereocenters. The number of benzene rings is 1. The van der Waals surface area contributed by atoms with Crippen LogP contribution in [-0.4, -0.2) is 34.3 Å². The normalized spacial score (nSPS) is 28.5. The number of aromatic nitrogens is 1. The highest BCUT2D eigenvalue weighted by Crippen LogP contribution is 2.41. The number of aliphatic hydroxyl groups excluding tert-OH is 1. The molecule has 6 nitrogen and oxygen atoms in total. The largest absolute Gasteiger partial charge is 0.396 e. The van der Waals surface area contributed by atoms with Gasteiger partial charge in [0.05, 0.1) is 12.0 Å². The molecule has 6 heteroatoms. The summed E-state index contributed by atoms with van der Waals surface area (Å²) < 4.78 is 1.80. The van der Waals surface area contributed by atoms with Crippen LogP contribution in [0.2, 0.25) is 0 Å². The zero-order chi connectivity index (χ0) is 19.3. The fourth-order valence-corrected chi connectivity index (χ4v) is 4.94. The van der Waals surface area contributed by atoms with Crippen molar-refractivity contribution in [2.24, 2.45) is 11.8 Å². The lowest BCUT2D eigenvalue weighted by Gasteiger charge is -2.30. The highest BCUT2D eigenvalue weighted by atomic mass is 16.3. The van der Waals surface area contributed by atoms with E-state index in [9.17, 15) is 14.7 Å². The maximum Gasteiger partial charge on any atom is 0.258 e. The molecule has 146 valence electrons. The molecular formula is C22H25N3O3. The molecule has 1 aromatic carbocycles. The number of amides is 1. The van der Waals surface area contributed by atoms with Gasteiger partial charge in [0.2, 0.25) is 5.91 Å². The fraction of sp³-hybridized carbons (Fsp3) is 0.455. The molecule has 28 heavy (non-hydrogen) atoms. The number of carbonyl (C=O) groups is 1. The third-order valence-corrected chi connectivity index (χ3v) is 6.69. The van der Waals surface area contributed by atoms with E-state index >= 15 is 0 Å². The Morgan fingerprint density at radius 3 is 2.64 bits per heavy atom. The topological polar surface area (TPSA) is 83.4 Å². The molecule has 2 fully saturated rings. The van der Waals surface area contributed by atoms with Crippen LogP contribution in [0.4, 0.5) is 0 Å². The van der Waals surface area contributed by atoms with E-state index < -0.39 is 0 Å². The first-order valence-electron chi connectivity index (χ1n) is 10.1. The Bertz CT molecular complexity index is 951. The van der Waals surface area contributed by atoms with Crippen molar-refractivity contribution in [3.63, 3.8) is 0 Å². The van der Waals surface area contributed by atoms with E-state index in [1.165, 1.54) is 0 Å². The molecule has 1 saturated carbocycles. The van der Waals surface area contributed by atoms with Crippen molar-refractivity contribution in [2.75, 3.05) is 6.61 Å². The van der Waals surface area contributed by atoms with Crippen LogP contribution in [0.25, 0.3) is 11.1 Å². The van der Waals surface area contributed by atoms with Crippen LogP contribution < -0.4 is 16.2 Å². The number of pyridine rings is 1. The molecule has 1 saturated heterocycles. The SMILES string of the molecule is O=C(NC1CCC1)[C@@H]1[C@@H](CO)[C@@H]2Cn3c(ccc(-c4ccccc4)c3=O)[C@H]1N2. The van der Waals surface area contributed by atoms with Gasteiger partial charge in [0.15, 0.2) is 0 Å². The molecule has 0 spiro atoms. The molecule has 2 bridgehead atoms. The molecule has 2 aliphatic heterocycles. The van der Waals surface area contributed by atoms with E-state index in [1.54, 1.807) is 4.57 Å². The van der Waals surface area contributed by atoms with E-state index in [0.29, 0.717) is 12.1 Å². The lowest BCUT2D eigenvalue weighted by Crippen LogP contribution is -2.45. The highest BCUT2D eigenvalue weighted by molar-refractivity contribution is 5.81. The molecular weight excluding hydrogens is 354 g/mol. The van der Waals surface area contributed by atoms with Crippen LogP contribution in [0.1, 0.15) is 31.0 Å². The predicted molar refractivity (Wildman–Crippen MR) is 106 cm³/mol. The first-order chi connectivity index (χ1) is 13.7. The fourth-order valence-electron chi connectivity index (χ4n) is 4.94. The Kier molecular flexibility index (Phi) is 4.33. The number of carbonyl (C=O) groups excluding carboxylic acids is 1. The lowest BCUT2D eigenvalue weighted by atomic mass is 9.85. The minimum absolute atomic E-state index is 0.00298. The van der Waals surface area contributed by atoms with Crippen molar-refractivity contribution in [3.8, 4) is 11.1 Å². The first kappa shape index (κ1) is 17.6. The molecule has 4 atom stereocenters. The van der Waals surface area contributed by atoms with E-state index in [4.69, 9.17) is 0 Å². The number of nitrogens with one attached hydrogen (secondary N) is 2. The monoisotopic (exact) mass is 379 g/mol. The van der Waals surface area contributed by atoms with Crippen molar-refractivity contribution < 1.29 is 9.90 Å². The third-order valence-electron chi connectivity index (χ3n) is 6.69. The highest BCUT2D eigenvalue weighted by Gasteiger charge is 2.51. The molecule has 2 aromatic rings. The summed E-state index contributed by atoms with van der Waals surface area (Å²) in [6.07, 6.45) is 3.21. The Labute approximate surface area is 163 Å². The zero-order valence-corrected chi connectivity index (χ0v) is 15.7. The summed E-state index contributed by atoms with van der Waals surface area (Å²) in [4.78, 5) is 26.2. The maximum atomic E-state index is 13.2. The van der Waals surface area contributed by atoms with E-state index in [0.717, 1.165) is 30.5 Å². The summed E-state index contributed by atoms with van der Waals surface area (Å²) in [5.41, 5.74) is 2.37. The molecule has 3 N–H and O–H groups in total. The second-order valence-electron chi connectivity index (χ2n) is 8.21. The van der Waals surface area contributed by atoms with Gasteiger partial charge in [0.25, 0.3) is 5.56 Å². The van der Waals surface area contributed by atoms with Crippen LogP contribution in [0.5, 0.6) is 0 Å². The van der Waals surface area contributed by atoms with Gasteiger partial charge in [-0.05, 0) is 37.0 Å². The van der Waals surface area contributed by atoms with Gasteiger partial charge in [0.1, 0.15) is 0 Å². The van der Waals surface area contributed by atoms with Gasteiger partial charge < -0.3 is 20.3 Å². The zero-order valence-electron chi connectivity index (χ0n) is 15.7. The van der Waals surface area contributed by atoms with Crippen molar-refractivity contribution in [3.05, 3.63) is 58.5 Å². The molecule has 1 aliphatic carbocycles. The molecule has 3 heterocycles. The van der Waals surface area contributed by atoms with E-state index in [-0.39, 0.29) is 48.0 Å². The number of hydrogen-bond acceptors (Lipinski definition) is 4. The first-order valence-corrected chi connectivity index (χ1v) is 10.1. The Hall–Kier alpha value is -2.44. The van der Waals surface area contributed by atoms with Gasteiger partial charge in [-0.1, -0.05) is 30.3 Å². The lowest BCUT2D eigenvalue weighted by molar-refractivity contribution is -0.128. The molecule has 1 aromatic heterocycles. The number of hydrogen-bond donors (Lipinski definition) is 3. The van der Waals surface area contributed by atoms with Gasteiger partial charge in [-0.25, -0.2) is 0 Å². The molecule has 1 amide bonds. The van der Waals surface area contributed by atoms with Crippen molar-refractivity contribution in [1.29, 1.82) is 0 Å². The van der Waals surface area contributed by atoms with Crippen LogP contribution in [0, 0.1) is 11.8 Å². The predicted octanol–water partition coefficient (Wildman–Crippen LogP) is 1.44. The summed E-state index contributed by atoms with van der Waals surface area (Å²) in [6.45, 7) is 0.412. The Balaban J connectivity index is 1.52. The van der Waals surface area contributed by atoms with Crippen molar-refractivity contribution in [1.82, 2.24) is 15.2 Å². The number of fused-ring (bicyclic) bond motifs is 4. The van der Waals surface area contributed by atoms with E-state index in [1.807, 2.05) is 42.5 Å². The van der Waals surface area contributed by atoms with Crippen LogP contribution in [-0.2, 0) is 11.3 Å². The minimum atomic E-state index is -0.355. The summed E-state index contributed by atoms with van der Waals surface area (Å²) in [6, 6.07) is 13.4.